The fourth-order valence-electron chi connectivity index (χ4n) is 8.02. The van der Waals surface area contributed by atoms with Gasteiger partial charge in [-0.2, -0.15) is 15.2 Å². The Hall–Kier alpha value is -4.17. The van der Waals surface area contributed by atoms with Gasteiger partial charge in [0, 0.05) is 62.0 Å². The van der Waals surface area contributed by atoms with Gasteiger partial charge in [-0.3, -0.25) is 9.69 Å². The number of carbonyl (C=O) groups is 2. The Morgan fingerprint density at radius 3 is 2.72 bits per heavy atom. The molecule has 0 N–H and O–H groups in total. The highest BCUT2D eigenvalue weighted by Gasteiger charge is 2.36. The van der Waals surface area contributed by atoms with E-state index in [1.807, 2.05) is 12.1 Å². The molecule has 0 radical (unpaired) electrons. The zero-order chi connectivity index (χ0) is 33.1. The molecule has 2 saturated heterocycles. The second-order valence-electron chi connectivity index (χ2n) is 13.4. The molecule has 0 bridgehead atoms. The van der Waals surface area contributed by atoms with Crippen LogP contribution in [0.15, 0.2) is 30.9 Å². The molecule has 2 aromatic rings. The minimum atomic E-state index is -0.311. The van der Waals surface area contributed by atoms with Crippen molar-refractivity contribution in [2.45, 2.75) is 89.4 Å². The number of nitriles is 1. The normalized spacial score (nSPS) is 22.8. The molecule has 47 heavy (non-hydrogen) atoms. The van der Waals surface area contributed by atoms with Crippen LogP contribution >= 0.6 is 0 Å². The van der Waals surface area contributed by atoms with Gasteiger partial charge in [0.1, 0.15) is 12.4 Å². The fraction of sp³-hybridized carbons (Fsp3) is 0.583. The van der Waals surface area contributed by atoms with E-state index in [1.165, 1.54) is 24.4 Å². The van der Waals surface area contributed by atoms with Gasteiger partial charge in [-0.25, -0.2) is 4.79 Å². The van der Waals surface area contributed by atoms with Gasteiger partial charge in [-0.1, -0.05) is 6.58 Å². The molecule has 1 amide bonds. The maximum absolute atomic E-state index is 12.6. The highest BCUT2D eigenvalue weighted by atomic mass is 16.5. The SMILES string of the molecule is C=CC(=O)N1CCN(c2nc(OCC3CCCN3C(C)C)nc3c2CCC(N2CCCc4cc(C(=O)OC)ccc42)C3)CC1CC#N. The third kappa shape index (κ3) is 6.79. The summed E-state index contributed by atoms with van der Waals surface area (Å²) >= 11 is 0. The molecule has 3 unspecified atom stereocenters. The van der Waals surface area contributed by atoms with Gasteiger partial charge in [0.2, 0.25) is 5.91 Å². The smallest absolute Gasteiger partial charge is 0.337 e. The van der Waals surface area contributed by atoms with Gasteiger partial charge in [-0.05, 0) is 88.8 Å². The number of fused-ring (bicyclic) bond motifs is 2. The number of nitrogens with zero attached hydrogens (tertiary/aromatic N) is 7. The zero-order valence-corrected chi connectivity index (χ0v) is 28.0. The molecular weight excluding hydrogens is 594 g/mol. The largest absolute Gasteiger partial charge is 0.465 e. The van der Waals surface area contributed by atoms with E-state index in [4.69, 9.17) is 19.4 Å². The van der Waals surface area contributed by atoms with Crippen molar-refractivity contribution in [2.75, 3.05) is 56.2 Å². The van der Waals surface area contributed by atoms with Crippen molar-refractivity contribution in [3.8, 4) is 12.1 Å². The fourth-order valence-corrected chi connectivity index (χ4v) is 8.02. The standard InChI is InChI=1S/C36H47N7O4/c1-5-33(44)43-19-18-40(22-28(43)14-15-37)34-30-12-11-27(42-17-6-8-25-20-26(35(45)46-4)10-13-32(25)42)21-31(30)38-36(39-34)47-23-29-9-7-16-41(29)24(2)3/h5,10,13,20,24,27-29H,1,6-9,11-12,14,16-19,21-23H2,2-4H3. The maximum atomic E-state index is 12.6. The predicted octanol–water partition coefficient (Wildman–Crippen LogP) is 3.94. The van der Waals surface area contributed by atoms with E-state index in [2.05, 4.69) is 47.3 Å². The molecule has 6 rings (SSSR count). The average molecular weight is 642 g/mol. The molecular formula is C36H47N7O4. The third-order valence-corrected chi connectivity index (χ3v) is 10.4. The van der Waals surface area contributed by atoms with Crippen LogP contribution in [0.3, 0.4) is 0 Å². The number of hydrogen-bond acceptors (Lipinski definition) is 10. The number of methoxy groups -OCH3 is 1. The summed E-state index contributed by atoms with van der Waals surface area (Å²) in [4.78, 5) is 43.9. The molecule has 2 fully saturated rings. The minimum Gasteiger partial charge on any atom is -0.465 e. The van der Waals surface area contributed by atoms with Gasteiger partial charge in [0.15, 0.2) is 0 Å². The van der Waals surface area contributed by atoms with Crippen LogP contribution in [0.5, 0.6) is 6.01 Å². The summed E-state index contributed by atoms with van der Waals surface area (Å²) in [6.07, 6.45) is 8.32. The number of amides is 1. The van der Waals surface area contributed by atoms with Crippen molar-refractivity contribution in [1.82, 2.24) is 19.8 Å². The van der Waals surface area contributed by atoms with Crippen LogP contribution in [0, 0.1) is 11.3 Å². The van der Waals surface area contributed by atoms with Gasteiger partial charge < -0.3 is 24.2 Å². The highest BCUT2D eigenvalue weighted by molar-refractivity contribution is 5.90. The molecule has 1 aliphatic carbocycles. The topological polar surface area (TPSA) is 115 Å². The molecule has 11 nitrogen and oxygen atoms in total. The van der Waals surface area contributed by atoms with Crippen molar-refractivity contribution in [3.05, 3.63) is 53.2 Å². The first kappa shape index (κ1) is 32.8. The lowest BCUT2D eigenvalue weighted by atomic mass is 9.88. The quantitative estimate of drug-likeness (QED) is 0.295. The molecule has 250 valence electrons. The van der Waals surface area contributed by atoms with E-state index in [-0.39, 0.29) is 30.4 Å². The molecule has 0 spiro atoms. The number of benzene rings is 1. The number of anilines is 2. The molecule has 1 aromatic heterocycles. The number of esters is 1. The lowest BCUT2D eigenvalue weighted by molar-refractivity contribution is -0.128. The van der Waals surface area contributed by atoms with Crippen LogP contribution in [-0.4, -0.2) is 102 Å². The van der Waals surface area contributed by atoms with Crippen LogP contribution in [-0.2, 0) is 28.8 Å². The first-order valence-electron chi connectivity index (χ1n) is 17.1. The van der Waals surface area contributed by atoms with Gasteiger partial charge >= 0.3 is 12.0 Å². The molecule has 3 aliphatic heterocycles. The number of carbonyl (C=O) groups excluding carboxylic acids is 2. The first-order valence-corrected chi connectivity index (χ1v) is 17.1. The Morgan fingerprint density at radius 1 is 1.11 bits per heavy atom. The molecule has 1 aromatic carbocycles. The summed E-state index contributed by atoms with van der Waals surface area (Å²) in [5, 5.41) is 9.59. The lowest BCUT2D eigenvalue weighted by Crippen LogP contribution is -2.55. The molecule has 11 heteroatoms. The van der Waals surface area contributed by atoms with E-state index in [0.29, 0.717) is 49.9 Å². The Kier molecular flexibility index (Phi) is 9.97. The molecule has 0 saturated carbocycles. The van der Waals surface area contributed by atoms with Gasteiger partial charge in [0.05, 0.1) is 36.9 Å². The predicted molar refractivity (Wildman–Crippen MR) is 180 cm³/mol. The second kappa shape index (κ2) is 14.3. The zero-order valence-electron chi connectivity index (χ0n) is 28.0. The van der Waals surface area contributed by atoms with Crippen LogP contribution in [0.4, 0.5) is 11.5 Å². The number of hydrogen-bond donors (Lipinski definition) is 0. The summed E-state index contributed by atoms with van der Waals surface area (Å²) in [7, 11) is 1.42. The van der Waals surface area contributed by atoms with Crippen LogP contribution < -0.4 is 14.5 Å². The summed E-state index contributed by atoms with van der Waals surface area (Å²) < 4.78 is 11.4. The van der Waals surface area contributed by atoms with E-state index >= 15 is 0 Å². The third-order valence-electron chi connectivity index (χ3n) is 10.4. The summed E-state index contributed by atoms with van der Waals surface area (Å²) in [6.45, 7) is 12.3. The maximum Gasteiger partial charge on any atom is 0.337 e. The number of likely N-dealkylation sites (tertiary alicyclic amines) is 1. The van der Waals surface area contributed by atoms with E-state index in [0.717, 1.165) is 75.1 Å². The van der Waals surface area contributed by atoms with Crippen molar-refractivity contribution < 1.29 is 19.1 Å². The van der Waals surface area contributed by atoms with Gasteiger partial charge in [-0.15, -0.1) is 0 Å². The number of aryl methyl sites for hydroxylation is 1. The first-order chi connectivity index (χ1) is 22.8. The average Bonchev–Trinajstić information content (AvgIpc) is 3.58. The van der Waals surface area contributed by atoms with Crippen LogP contribution in [0.2, 0.25) is 0 Å². The molecule has 3 atom stereocenters. The Labute approximate surface area is 278 Å². The minimum absolute atomic E-state index is 0.145. The number of ether oxygens (including phenoxy) is 2. The number of piperazine rings is 1. The van der Waals surface area contributed by atoms with E-state index < -0.39 is 0 Å². The second-order valence-corrected chi connectivity index (χ2v) is 13.4. The van der Waals surface area contributed by atoms with E-state index in [9.17, 15) is 14.9 Å². The monoisotopic (exact) mass is 641 g/mol. The summed E-state index contributed by atoms with van der Waals surface area (Å²) in [5.74, 6) is 0.411. The van der Waals surface area contributed by atoms with Crippen molar-refractivity contribution >= 4 is 23.4 Å². The molecule has 4 aliphatic rings. The Morgan fingerprint density at radius 2 is 1.96 bits per heavy atom. The van der Waals surface area contributed by atoms with E-state index in [1.54, 1.807) is 4.90 Å². The lowest BCUT2D eigenvalue weighted by Gasteiger charge is -2.43. The highest BCUT2D eigenvalue weighted by Crippen LogP contribution is 2.37. The summed E-state index contributed by atoms with van der Waals surface area (Å²) in [5.41, 5.74) is 5.09. The summed E-state index contributed by atoms with van der Waals surface area (Å²) in [6, 6.07) is 9.38. The Balaban J connectivity index is 1.29. The van der Waals surface area contributed by atoms with Gasteiger partial charge in [0.25, 0.3) is 0 Å². The van der Waals surface area contributed by atoms with Crippen molar-refractivity contribution in [2.24, 2.45) is 0 Å². The van der Waals surface area contributed by atoms with Crippen LogP contribution in [0.25, 0.3) is 0 Å². The van der Waals surface area contributed by atoms with Crippen molar-refractivity contribution in [1.29, 1.82) is 5.26 Å². The van der Waals surface area contributed by atoms with Crippen LogP contribution in [0.1, 0.15) is 73.1 Å². The number of rotatable bonds is 9. The number of aromatic nitrogens is 2. The molecule has 4 heterocycles. The Bertz CT molecular complexity index is 1540. The van der Waals surface area contributed by atoms with Crippen molar-refractivity contribution in [3.63, 3.8) is 0 Å².